The average Bonchev–Trinajstić information content (AvgIpc) is 3.49. The van der Waals surface area contributed by atoms with Gasteiger partial charge in [-0.25, -0.2) is 4.39 Å². The number of hydrogen-bond donors (Lipinski definition) is 4. The van der Waals surface area contributed by atoms with Crippen molar-refractivity contribution in [1.29, 1.82) is 0 Å². The van der Waals surface area contributed by atoms with E-state index in [2.05, 4.69) is 264 Å². The fourth-order valence-corrected chi connectivity index (χ4v) is 9.09. The minimum atomic E-state index is -0.223. The molecule has 78 heavy (non-hydrogen) atoms. The summed E-state index contributed by atoms with van der Waals surface area (Å²) in [5, 5.41) is 23.5. The van der Waals surface area contributed by atoms with Gasteiger partial charge in [0.25, 0.3) is 0 Å². The van der Waals surface area contributed by atoms with E-state index >= 15 is 0 Å². The molecule has 13 aromatic rings. The third kappa shape index (κ3) is 14.1. The van der Waals surface area contributed by atoms with E-state index in [9.17, 15) is 4.39 Å². The van der Waals surface area contributed by atoms with Crippen LogP contribution in [0.5, 0.6) is 0 Å². The van der Waals surface area contributed by atoms with Crippen LogP contribution >= 0.6 is 0 Å². The van der Waals surface area contributed by atoms with Gasteiger partial charge in [0.2, 0.25) is 0 Å². The van der Waals surface area contributed by atoms with Crippen molar-refractivity contribution < 1.29 is 4.39 Å². The maximum absolute atomic E-state index is 12.8. The lowest BCUT2D eigenvalue weighted by Crippen LogP contribution is -1.91. The van der Waals surface area contributed by atoms with Gasteiger partial charge in [0, 0.05) is 50.9 Å². The van der Waals surface area contributed by atoms with Crippen molar-refractivity contribution in [2.24, 2.45) is 0 Å². The summed E-state index contributed by atoms with van der Waals surface area (Å²) in [5.74, 6) is -0.223. The van der Waals surface area contributed by atoms with E-state index in [1.807, 2.05) is 55.5 Å². The zero-order chi connectivity index (χ0) is 53.1. The second-order valence-electron chi connectivity index (χ2n) is 18.7. The summed E-state index contributed by atoms with van der Waals surface area (Å²) >= 11 is 0. The number of hydrogen-bond acceptors (Lipinski definition) is 4. The van der Waals surface area contributed by atoms with Crippen LogP contribution in [-0.2, 0) is 0 Å². The van der Waals surface area contributed by atoms with Crippen LogP contribution < -0.4 is 21.3 Å². The van der Waals surface area contributed by atoms with Crippen molar-refractivity contribution >= 4 is 94.7 Å². The van der Waals surface area contributed by atoms with Crippen LogP contribution in [0.25, 0.3) is 60.3 Å². The number of rotatable bonds is 10. The van der Waals surface area contributed by atoms with Crippen molar-refractivity contribution in [3.8, 4) is 11.1 Å². The number of para-hydroxylation sites is 1. The van der Waals surface area contributed by atoms with E-state index in [1.165, 1.54) is 71.9 Å². The smallest absolute Gasteiger partial charge is 0.123 e. The molecular weight excluding hydrogens is 952 g/mol. The summed E-state index contributed by atoms with van der Waals surface area (Å²) in [6.07, 6.45) is 4.14. The molecule has 0 fully saturated rings. The van der Waals surface area contributed by atoms with E-state index < -0.39 is 0 Å². The van der Waals surface area contributed by atoms with Crippen molar-refractivity contribution in [1.82, 2.24) is 0 Å². The number of anilines is 8. The third-order valence-corrected chi connectivity index (χ3v) is 13.1. The summed E-state index contributed by atoms with van der Waals surface area (Å²) in [4.78, 5) is 0. The third-order valence-electron chi connectivity index (χ3n) is 13.1. The van der Waals surface area contributed by atoms with Crippen LogP contribution in [0.1, 0.15) is 12.5 Å². The first-order valence-corrected chi connectivity index (χ1v) is 26.2. The highest BCUT2D eigenvalue weighted by atomic mass is 19.1. The van der Waals surface area contributed by atoms with E-state index in [4.69, 9.17) is 0 Å². The molecule has 0 bridgehead atoms. The Morgan fingerprint density at radius 1 is 0.269 bits per heavy atom. The van der Waals surface area contributed by atoms with Gasteiger partial charge in [-0.15, -0.1) is 0 Å². The van der Waals surface area contributed by atoms with Crippen LogP contribution in [0.2, 0.25) is 0 Å². The summed E-state index contributed by atoms with van der Waals surface area (Å²) in [5.41, 5.74) is 12.3. The maximum Gasteiger partial charge on any atom is 0.123 e. The van der Waals surface area contributed by atoms with Crippen LogP contribution in [-0.4, -0.2) is 0 Å². The molecule has 0 spiro atoms. The van der Waals surface area contributed by atoms with Gasteiger partial charge >= 0.3 is 0 Å². The molecule has 0 aromatic heterocycles. The summed E-state index contributed by atoms with van der Waals surface area (Å²) in [6.45, 7) is 2.03. The largest absolute Gasteiger partial charge is 0.356 e. The molecule has 13 aromatic carbocycles. The molecule has 0 amide bonds. The zero-order valence-corrected chi connectivity index (χ0v) is 43.4. The zero-order valence-electron chi connectivity index (χ0n) is 43.4. The molecule has 0 unspecified atom stereocenters. The average molecular weight is 1010 g/mol. The summed E-state index contributed by atoms with van der Waals surface area (Å²) in [7, 11) is 0. The first-order valence-electron chi connectivity index (χ1n) is 26.2. The summed E-state index contributed by atoms with van der Waals surface area (Å²) < 4.78 is 12.8. The quantitative estimate of drug-likeness (QED) is 0.110. The first kappa shape index (κ1) is 51.3. The van der Waals surface area contributed by atoms with E-state index in [-0.39, 0.29) is 5.82 Å². The van der Waals surface area contributed by atoms with Crippen molar-refractivity contribution in [2.45, 2.75) is 6.92 Å². The van der Waals surface area contributed by atoms with Gasteiger partial charge < -0.3 is 21.3 Å². The summed E-state index contributed by atoms with van der Waals surface area (Å²) in [6, 6.07) is 103. The fraction of sp³-hybridized carbons (Fsp3) is 0.0137. The molecular formula is C73H59FN4. The molecule has 4 N–H and O–H groups in total. The SMILES string of the molecule is C/C=C/c1ccc(Nc2ccc3ccccc3c2)cc1.Fc1ccc(Nc2ccc3ccccc3c2)cc1.c1ccc(-c2ccc(Nc3cccc4ccccc34)cc2)cc1.c1ccc(Nc2ccc3ccccc3c2)cc1. The lowest BCUT2D eigenvalue weighted by Gasteiger charge is -2.10. The highest BCUT2D eigenvalue weighted by molar-refractivity contribution is 5.95. The lowest BCUT2D eigenvalue weighted by molar-refractivity contribution is 0.628. The second-order valence-corrected chi connectivity index (χ2v) is 18.7. The number of benzene rings is 13. The van der Waals surface area contributed by atoms with Crippen molar-refractivity contribution in [2.75, 3.05) is 21.3 Å². The molecule has 0 aliphatic carbocycles. The Morgan fingerprint density at radius 2 is 0.628 bits per heavy atom. The normalized spacial score (nSPS) is 10.6. The molecule has 0 saturated carbocycles. The Labute approximate surface area is 456 Å². The van der Waals surface area contributed by atoms with Gasteiger partial charge in [0.1, 0.15) is 5.82 Å². The Morgan fingerprint density at radius 3 is 1.13 bits per heavy atom. The number of halogens is 1. The van der Waals surface area contributed by atoms with E-state index in [1.54, 1.807) is 12.1 Å². The Bertz CT molecular complexity index is 4020. The van der Waals surface area contributed by atoms with Crippen molar-refractivity contribution in [3.63, 3.8) is 0 Å². The lowest BCUT2D eigenvalue weighted by atomic mass is 10.1. The Hall–Kier alpha value is -10.2. The highest BCUT2D eigenvalue weighted by Gasteiger charge is 2.04. The van der Waals surface area contributed by atoms with Gasteiger partial charge in [0.05, 0.1) is 0 Å². The molecule has 4 nitrogen and oxygen atoms in total. The van der Waals surface area contributed by atoms with Crippen molar-refractivity contribution in [3.05, 3.63) is 321 Å². The monoisotopic (exact) mass is 1010 g/mol. The van der Waals surface area contributed by atoms with E-state index in [0.717, 1.165) is 45.5 Å². The molecule has 378 valence electrons. The Balaban J connectivity index is 0.000000118. The van der Waals surface area contributed by atoms with Gasteiger partial charge in [-0.2, -0.15) is 0 Å². The molecule has 0 saturated heterocycles. The maximum atomic E-state index is 12.8. The number of nitrogens with one attached hydrogen (secondary N) is 4. The second kappa shape index (κ2) is 25.8. The molecule has 5 heteroatoms. The van der Waals surface area contributed by atoms with Gasteiger partial charge in [-0.3, -0.25) is 0 Å². The van der Waals surface area contributed by atoms with Crippen LogP contribution in [0.3, 0.4) is 0 Å². The molecule has 0 heterocycles. The first-order chi connectivity index (χ1) is 38.5. The van der Waals surface area contributed by atoms with Crippen LogP contribution in [0.4, 0.5) is 49.9 Å². The number of fused-ring (bicyclic) bond motifs is 4. The Kier molecular flexibility index (Phi) is 17.0. The fourth-order valence-electron chi connectivity index (χ4n) is 9.09. The minimum Gasteiger partial charge on any atom is -0.356 e. The van der Waals surface area contributed by atoms with Crippen LogP contribution in [0, 0.1) is 5.82 Å². The standard InChI is InChI=1S/C22H17N.C19H17N.C16H12FN.C16H13N/c1-2-7-17(8-3-1)18-13-15-20(16-14-18)23-22-12-6-10-19-9-4-5-11-21(19)22;1-2-5-15-8-11-18(12-9-15)20-19-13-10-16-6-3-4-7-17(16)14-19;17-14-6-9-15(10-7-14)18-16-8-5-12-3-1-2-4-13(12)11-16;1-2-8-15(9-3-1)17-16-11-10-13-6-4-5-7-14(13)12-16/h1-16,23H;2-14,20H,1H3;1-11,18H;1-12,17H/b;5-2+;;. The predicted molar refractivity (Wildman–Crippen MR) is 335 cm³/mol. The molecule has 13 rings (SSSR count). The van der Waals surface area contributed by atoms with E-state index in [0.29, 0.717) is 0 Å². The predicted octanol–water partition coefficient (Wildman–Crippen LogP) is 21.2. The molecule has 0 atom stereocenters. The topological polar surface area (TPSA) is 48.1 Å². The highest BCUT2D eigenvalue weighted by Crippen LogP contribution is 2.29. The van der Waals surface area contributed by atoms with Gasteiger partial charge in [0.15, 0.2) is 0 Å². The molecule has 0 aliphatic heterocycles. The number of allylic oxidation sites excluding steroid dienone is 1. The van der Waals surface area contributed by atoms with Crippen LogP contribution in [0.15, 0.2) is 309 Å². The molecule has 0 aliphatic rings. The van der Waals surface area contributed by atoms with Gasteiger partial charge in [-0.05, 0) is 164 Å². The minimum absolute atomic E-state index is 0.223. The molecule has 0 radical (unpaired) electrons. The van der Waals surface area contributed by atoms with Gasteiger partial charge in [-0.1, -0.05) is 212 Å².